The third-order valence-electron chi connectivity index (χ3n) is 4.64. The number of carbonyl (C=O) groups excluding carboxylic acids is 1. The van der Waals surface area contributed by atoms with E-state index in [9.17, 15) is 24.8 Å². The van der Waals surface area contributed by atoms with Crippen molar-refractivity contribution in [3.63, 3.8) is 0 Å². The number of aromatic nitrogens is 1. The highest BCUT2D eigenvalue weighted by Crippen LogP contribution is 2.33. The smallest absolute Gasteiger partial charge is 0.352 e. The first-order valence-corrected chi connectivity index (χ1v) is 9.50. The monoisotopic (exact) mass is 417 g/mol. The van der Waals surface area contributed by atoms with Gasteiger partial charge in [0.05, 0.1) is 16.9 Å². The van der Waals surface area contributed by atoms with E-state index in [2.05, 4.69) is 0 Å². The van der Waals surface area contributed by atoms with Gasteiger partial charge in [0.2, 0.25) is 0 Å². The lowest BCUT2D eigenvalue weighted by Gasteiger charge is -2.23. The summed E-state index contributed by atoms with van der Waals surface area (Å²) in [4.78, 5) is 36.8. The number of non-ortho nitro benzene ring substituents is 1. The Bertz CT molecular complexity index is 944. The molecule has 0 saturated heterocycles. The van der Waals surface area contributed by atoms with Crippen molar-refractivity contribution in [1.29, 1.82) is 0 Å². The molecular weight excluding hydrogens is 390 g/mol. The van der Waals surface area contributed by atoms with Gasteiger partial charge >= 0.3 is 11.9 Å². The predicted octanol–water partition coefficient (Wildman–Crippen LogP) is 3.41. The molecule has 2 aromatic rings. The molecule has 9 nitrogen and oxygen atoms in total. The lowest BCUT2D eigenvalue weighted by Crippen LogP contribution is -2.32. The summed E-state index contributed by atoms with van der Waals surface area (Å²) in [5, 5.41) is 20.9. The van der Waals surface area contributed by atoms with Crippen LogP contribution in [-0.2, 0) is 22.6 Å². The average molecular weight is 417 g/mol. The van der Waals surface area contributed by atoms with E-state index in [0.29, 0.717) is 23.2 Å². The molecule has 30 heavy (non-hydrogen) atoms. The number of nitro benzene ring substituents is 1. The number of carbonyl (C=O) groups is 2. The summed E-state index contributed by atoms with van der Waals surface area (Å²) in [5.41, 5.74) is 0.967. The second-order valence-electron chi connectivity index (χ2n) is 7.95. The lowest BCUT2D eigenvalue weighted by atomic mass is 9.93. The number of nitrogens with zero attached hydrogens (tertiary/aromatic N) is 3. The third kappa shape index (κ3) is 5.04. The highest BCUT2D eigenvalue weighted by Gasteiger charge is 2.33. The van der Waals surface area contributed by atoms with Crippen LogP contribution in [0.3, 0.4) is 0 Å². The van der Waals surface area contributed by atoms with Gasteiger partial charge in [-0.25, -0.2) is 4.79 Å². The molecule has 0 unspecified atom stereocenters. The first kappa shape index (κ1) is 23.1. The number of benzene rings is 1. The zero-order chi connectivity index (χ0) is 22.6. The van der Waals surface area contributed by atoms with Gasteiger partial charge in [-0.3, -0.25) is 14.9 Å². The molecule has 0 bridgehead atoms. The molecule has 0 fully saturated rings. The van der Waals surface area contributed by atoms with Gasteiger partial charge in [0.1, 0.15) is 5.69 Å². The van der Waals surface area contributed by atoms with E-state index in [-0.39, 0.29) is 24.5 Å². The fourth-order valence-electron chi connectivity index (χ4n) is 3.28. The van der Waals surface area contributed by atoms with Crippen LogP contribution in [0.25, 0.3) is 11.1 Å². The Morgan fingerprint density at radius 3 is 2.30 bits per heavy atom. The summed E-state index contributed by atoms with van der Waals surface area (Å²) in [7, 11) is 3.65. The topological polar surface area (TPSA) is 115 Å². The SMILES string of the molecule is CCOC(=O)C(C)(C)Cn1cc(-c2ccc([N+](=O)[O-])cc2)c(CN(C)C)c1C(=O)O. The Kier molecular flexibility index (Phi) is 6.99. The summed E-state index contributed by atoms with van der Waals surface area (Å²) < 4.78 is 6.68. The minimum absolute atomic E-state index is 0.0470. The van der Waals surface area contributed by atoms with Crippen LogP contribution in [0.2, 0.25) is 0 Å². The van der Waals surface area contributed by atoms with Gasteiger partial charge in [0, 0.05) is 42.5 Å². The lowest BCUT2D eigenvalue weighted by molar-refractivity contribution is -0.384. The number of rotatable bonds is 9. The third-order valence-corrected chi connectivity index (χ3v) is 4.64. The summed E-state index contributed by atoms with van der Waals surface area (Å²) >= 11 is 0. The van der Waals surface area contributed by atoms with Crippen molar-refractivity contribution in [3.8, 4) is 11.1 Å². The van der Waals surface area contributed by atoms with E-state index in [4.69, 9.17) is 4.74 Å². The van der Waals surface area contributed by atoms with Crippen LogP contribution in [0.15, 0.2) is 30.5 Å². The molecule has 0 spiro atoms. The van der Waals surface area contributed by atoms with Crippen LogP contribution in [0.1, 0.15) is 36.8 Å². The summed E-state index contributed by atoms with van der Waals surface area (Å²) in [6, 6.07) is 5.96. The van der Waals surface area contributed by atoms with Crippen LogP contribution >= 0.6 is 0 Å². The van der Waals surface area contributed by atoms with E-state index in [0.717, 1.165) is 0 Å². The van der Waals surface area contributed by atoms with Gasteiger partial charge in [-0.2, -0.15) is 0 Å². The predicted molar refractivity (Wildman–Crippen MR) is 111 cm³/mol. The normalized spacial score (nSPS) is 11.5. The summed E-state index contributed by atoms with van der Waals surface area (Å²) in [5.74, 6) is -1.53. The van der Waals surface area contributed by atoms with E-state index < -0.39 is 22.3 Å². The van der Waals surface area contributed by atoms with Gasteiger partial charge in [0.15, 0.2) is 0 Å². The molecule has 0 amide bonds. The molecule has 162 valence electrons. The number of carboxylic acid groups (broad SMARTS) is 1. The van der Waals surface area contributed by atoms with Crippen molar-refractivity contribution in [1.82, 2.24) is 9.47 Å². The van der Waals surface area contributed by atoms with Crippen LogP contribution in [0.5, 0.6) is 0 Å². The Hall–Kier alpha value is -3.20. The quantitative estimate of drug-likeness (QED) is 0.378. The second-order valence-corrected chi connectivity index (χ2v) is 7.95. The zero-order valence-corrected chi connectivity index (χ0v) is 17.8. The van der Waals surface area contributed by atoms with Crippen LogP contribution in [0, 0.1) is 15.5 Å². The van der Waals surface area contributed by atoms with Crippen molar-refractivity contribution in [2.45, 2.75) is 33.9 Å². The summed E-state index contributed by atoms with van der Waals surface area (Å²) in [6.45, 7) is 5.82. The molecule has 0 aliphatic rings. The number of ether oxygens (including phenoxy) is 1. The van der Waals surface area contributed by atoms with E-state index in [1.54, 1.807) is 43.7 Å². The number of nitro groups is 1. The Balaban J connectivity index is 2.62. The molecule has 1 N–H and O–H groups in total. The van der Waals surface area contributed by atoms with E-state index in [1.807, 2.05) is 19.0 Å². The second kappa shape index (κ2) is 9.08. The van der Waals surface area contributed by atoms with Crippen molar-refractivity contribution < 1.29 is 24.4 Å². The maximum atomic E-state index is 12.3. The molecule has 2 rings (SSSR count). The van der Waals surface area contributed by atoms with Gasteiger partial charge in [-0.05, 0) is 52.6 Å². The number of carboxylic acids is 1. The van der Waals surface area contributed by atoms with Gasteiger partial charge in [0.25, 0.3) is 5.69 Å². The number of hydrogen-bond acceptors (Lipinski definition) is 6. The van der Waals surface area contributed by atoms with Gasteiger partial charge in [-0.1, -0.05) is 0 Å². The first-order valence-electron chi connectivity index (χ1n) is 9.50. The van der Waals surface area contributed by atoms with Crippen molar-refractivity contribution >= 4 is 17.6 Å². The molecule has 0 aliphatic carbocycles. The van der Waals surface area contributed by atoms with E-state index in [1.165, 1.54) is 12.1 Å². The number of hydrogen-bond donors (Lipinski definition) is 1. The molecule has 0 saturated carbocycles. The molecule has 1 aromatic heterocycles. The molecule has 1 aromatic carbocycles. The number of aromatic carboxylic acids is 1. The van der Waals surface area contributed by atoms with E-state index >= 15 is 0 Å². The minimum Gasteiger partial charge on any atom is -0.477 e. The molecule has 1 heterocycles. The van der Waals surface area contributed by atoms with Crippen molar-refractivity contribution in [3.05, 3.63) is 51.8 Å². The minimum atomic E-state index is -1.11. The van der Waals surface area contributed by atoms with Crippen LogP contribution in [-0.4, -0.2) is 52.1 Å². The standard InChI is InChI=1S/C21H27N3O6/c1-6-30-20(27)21(2,3)13-23-12-16(14-7-9-15(10-8-14)24(28)29)17(11-22(4)5)18(23)19(25)26/h7-10,12H,6,11,13H2,1-5H3,(H,25,26). The van der Waals surface area contributed by atoms with Crippen molar-refractivity contribution in [2.24, 2.45) is 5.41 Å². The molecule has 0 atom stereocenters. The average Bonchev–Trinajstić information content (AvgIpc) is 2.98. The summed E-state index contributed by atoms with van der Waals surface area (Å²) in [6.07, 6.45) is 1.68. The number of esters is 1. The van der Waals surface area contributed by atoms with Crippen LogP contribution < -0.4 is 0 Å². The molecule has 9 heteroatoms. The maximum absolute atomic E-state index is 12.3. The Morgan fingerprint density at radius 1 is 1.23 bits per heavy atom. The molecule has 0 radical (unpaired) electrons. The fraction of sp³-hybridized carbons (Fsp3) is 0.429. The van der Waals surface area contributed by atoms with Crippen molar-refractivity contribution in [2.75, 3.05) is 20.7 Å². The Morgan fingerprint density at radius 2 is 1.83 bits per heavy atom. The fourth-order valence-corrected chi connectivity index (χ4v) is 3.28. The van der Waals surface area contributed by atoms with Crippen LogP contribution in [0.4, 0.5) is 5.69 Å². The highest BCUT2D eigenvalue weighted by atomic mass is 16.6. The molecular formula is C21H27N3O6. The first-order chi connectivity index (χ1) is 14.0. The van der Waals surface area contributed by atoms with Gasteiger partial charge in [-0.15, -0.1) is 0 Å². The largest absolute Gasteiger partial charge is 0.477 e. The zero-order valence-electron chi connectivity index (χ0n) is 17.8. The van der Waals surface area contributed by atoms with Gasteiger partial charge < -0.3 is 19.3 Å². The maximum Gasteiger partial charge on any atom is 0.352 e. The Labute approximate surface area is 175 Å². The highest BCUT2D eigenvalue weighted by molar-refractivity contribution is 5.91. The molecule has 0 aliphatic heterocycles.